The van der Waals surface area contributed by atoms with Crippen LogP contribution in [0.25, 0.3) is 17.2 Å². The number of nitrogens with one attached hydrogen (secondary N) is 1. The molecule has 2 aromatic heterocycles. The molecule has 1 saturated carbocycles. The second-order valence-electron chi connectivity index (χ2n) is 9.45. The van der Waals surface area contributed by atoms with Crippen LogP contribution in [0.4, 0.5) is 0 Å². The van der Waals surface area contributed by atoms with Crippen LogP contribution < -0.4 is 5.32 Å². The van der Waals surface area contributed by atoms with E-state index in [1.165, 1.54) is 23.1 Å². The van der Waals surface area contributed by atoms with Gasteiger partial charge in [0.25, 0.3) is 0 Å². The van der Waals surface area contributed by atoms with Crippen LogP contribution in [0, 0.1) is 0 Å². The van der Waals surface area contributed by atoms with Crippen molar-refractivity contribution in [1.29, 1.82) is 0 Å². The predicted octanol–water partition coefficient (Wildman–Crippen LogP) is 4.87. The molecule has 1 fully saturated rings. The van der Waals surface area contributed by atoms with Crippen molar-refractivity contribution in [1.82, 2.24) is 19.9 Å². The number of aliphatic hydroxyl groups is 2. The molecule has 36 heavy (non-hydrogen) atoms. The Morgan fingerprint density at radius 1 is 1.08 bits per heavy atom. The van der Waals surface area contributed by atoms with Crippen LogP contribution in [0.1, 0.15) is 60.5 Å². The fraction of sp³-hybridized carbons (Fsp3) is 0.310. The first-order valence-corrected chi connectivity index (χ1v) is 12.4. The number of rotatable bonds is 10. The van der Waals surface area contributed by atoms with Crippen LogP contribution in [0.5, 0.6) is 0 Å². The fourth-order valence-electron chi connectivity index (χ4n) is 4.76. The Morgan fingerprint density at radius 2 is 1.81 bits per heavy atom. The number of aliphatic hydroxyl groups excluding tert-OH is 2. The summed E-state index contributed by atoms with van der Waals surface area (Å²) in [5.74, 6) is 1.14. The van der Waals surface area contributed by atoms with Crippen molar-refractivity contribution in [3.8, 4) is 11.1 Å². The molecule has 2 heterocycles. The summed E-state index contributed by atoms with van der Waals surface area (Å²) in [4.78, 5) is 8.35. The van der Waals surface area contributed by atoms with Crippen molar-refractivity contribution >= 4 is 6.08 Å². The van der Waals surface area contributed by atoms with Crippen molar-refractivity contribution in [2.24, 2.45) is 0 Å². The van der Waals surface area contributed by atoms with Crippen molar-refractivity contribution in [3.63, 3.8) is 0 Å². The van der Waals surface area contributed by atoms with Crippen molar-refractivity contribution in [2.45, 2.75) is 50.4 Å². The van der Waals surface area contributed by atoms with Gasteiger partial charge >= 0.3 is 0 Å². The summed E-state index contributed by atoms with van der Waals surface area (Å²) in [6, 6.07) is 17.5. The normalized spacial score (nSPS) is 19.3. The fourth-order valence-corrected chi connectivity index (χ4v) is 4.76. The number of oxazole rings is 1. The zero-order valence-electron chi connectivity index (χ0n) is 20.4. The smallest absolute Gasteiger partial charge is 0.180 e. The van der Waals surface area contributed by atoms with E-state index in [0.29, 0.717) is 17.8 Å². The molecule has 0 bridgehead atoms. The standard InChI is InChI=1S/C29H32N4O3/c1-20(35)29-30-12-13-33(29)28(17-34)11-4-21-2-5-22(6-3-21)23-7-9-24(10-8-23)25-14-26(15-25)31-16-27-18-36-19-32-27/h2-13,18-20,25-26,28,31,34-35H,14-17H2,1H3/b11-4+. The molecule has 2 atom stereocenters. The SMILES string of the molecule is CC(O)c1nccn1C(/C=C/c1ccc(-c2ccc(C3CC(NCc4cocn4)C3)cc2)cc1)CO. The molecule has 7 nitrogen and oxygen atoms in total. The molecule has 0 spiro atoms. The van der Waals surface area contributed by atoms with Gasteiger partial charge in [0.2, 0.25) is 0 Å². The van der Waals surface area contributed by atoms with Crippen LogP contribution in [-0.4, -0.2) is 37.4 Å². The molecule has 0 aliphatic heterocycles. The van der Waals surface area contributed by atoms with Crippen molar-refractivity contribution in [2.75, 3.05) is 6.61 Å². The molecule has 1 aliphatic carbocycles. The topological polar surface area (TPSA) is 96.3 Å². The van der Waals surface area contributed by atoms with Gasteiger partial charge in [-0.05, 0) is 47.9 Å². The van der Waals surface area contributed by atoms with E-state index in [0.717, 1.165) is 30.6 Å². The maximum Gasteiger partial charge on any atom is 0.180 e. The van der Waals surface area contributed by atoms with Gasteiger partial charge in [-0.3, -0.25) is 0 Å². The molecule has 5 rings (SSSR count). The van der Waals surface area contributed by atoms with E-state index >= 15 is 0 Å². The Hall–Kier alpha value is -3.52. The second-order valence-corrected chi connectivity index (χ2v) is 9.45. The van der Waals surface area contributed by atoms with E-state index in [4.69, 9.17) is 4.42 Å². The zero-order chi connectivity index (χ0) is 24.9. The summed E-state index contributed by atoms with van der Waals surface area (Å²) in [6.07, 6.45) is 12.1. The minimum absolute atomic E-state index is 0.0730. The first-order chi connectivity index (χ1) is 17.6. The Labute approximate surface area is 211 Å². The molecule has 4 aromatic rings. The molecule has 0 radical (unpaired) electrons. The van der Waals surface area contributed by atoms with Gasteiger partial charge in [-0.15, -0.1) is 0 Å². The van der Waals surface area contributed by atoms with Crippen molar-refractivity contribution < 1.29 is 14.6 Å². The average Bonchev–Trinajstić information content (AvgIpc) is 3.57. The third-order valence-corrected chi connectivity index (χ3v) is 6.95. The van der Waals surface area contributed by atoms with E-state index in [1.807, 2.05) is 12.2 Å². The summed E-state index contributed by atoms with van der Waals surface area (Å²) in [7, 11) is 0. The molecule has 3 N–H and O–H groups in total. The molecular weight excluding hydrogens is 452 g/mol. The summed E-state index contributed by atoms with van der Waals surface area (Å²) in [5, 5.41) is 23.3. The lowest BCUT2D eigenvalue weighted by atomic mass is 9.75. The Kier molecular flexibility index (Phi) is 7.41. The number of nitrogens with zero attached hydrogens (tertiary/aromatic N) is 3. The highest BCUT2D eigenvalue weighted by Crippen LogP contribution is 2.37. The van der Waals surface area contributed by atoms with E-state index in [1.54, 1.807) is 30.1 Å². The summed E-state index contributed by atoms with van der Waals surface area (Å²) >= 11 is 0. The third kappa shape index (κ3) is 5.49. The van der Waals surface area contributed by atoms with E-state index in [9.17, 15) is 10.2 Å². The summed E-state index contributed by atoms with van der Waals surface area (Å²) in [5.41, 5.74) is 5.75. The highest BCUT2D eigenvalue weighted by atomic mass is 16.3. The average molecular weight is 485 g/mol. The zero-order valence-corrected chi connectivity index (χ0v) is 20.4. The van der Waals surface area contributed by atoms with Crippen LogP contribution in [0.15, 0.2) is 84.1 Å². The molecular formula is C29H32N4O3. The van der Waals surface area contributed by atoms with Gasteiger partial charge < -0.3 is 24.5 Å². The number of hydrogen-bond acceptors (Lipinski definition) is 6. The van der Waals surface area contributed by atoms with Crippen LogP contribution >= 0.6 is 0 Å². The van der Waals surface area contributed by atoms with Gasteiger partial charge in [0.15, 0.2) is 6.39 Å². The highest BCUT2D eigenvalue weighted by Gasteiger charge is 2.29. The third-order valence-electron chi connectivity index (χ3n) is 6.95. The van der Waals surface area contributed by atoms with Crippen LogP contribution in [0.2, 0.25) is 0 Å². The lowest BCUT2D eigenvalue weighted by Gasteiger charge is -2.36. The van der Waals surface area contributed by atoms with Gasteiger partial charge in [0.05, 0.1) is 18.3 Å². The van der Waals surface area contributed by atoms with Crippen LogP contribution in [0.3, 0.4) is 0 Å². The summed E-state index contributed by atoms with van der Waals surface area (Å²) < 4.78 is 6.82. The molecule has 1 aliphatic rings. The minimum Gasteiger partial charge on any atom is -0.451 e. The largest absolute Gasteiger partial charge is 0.451 e. The van der Waals surface area contributed by atoms with E-state index < -0.39 is 6.10 Å². The Morgan fingerprint density at radius 3 is 2.44 bits per heavy atom. The minimum atomic E-state index is -0.694. The number of hydrogen-bond donors (Lipinski definition) is 3. The van der Waals surface area contributed by atoms with Gasteiger partial charge in [0, 0.05) is 25.0 Å². The molecule has 7 heteroatoms. The molecule has 2 unspecified atom stereocenters. The second kappa shape index (κ2) is 11.0. The van der Waals surface area contributed by atoms with E-state index in [-0.39, 0.29) is 12.6 Å². The number of imidazole rings is 1. The number of aromatic nitrogens is 3. The Balaban J connectivity index is 1.16. The first-order valence-electron chi connectivity index (χ1n) is 12.4. The number of benzene rings is 2. The molecule has 186 valence electrons. The highest BCUT2D eigenvalue weighted by molar-refractivity contribution is 5.66. The first kappa shape index (κ1) is 24.2. The maximum absolute atomic E-state index is 9.90. The van der Waals surface area contributed by atoms with Gasteiger partial charge in [-0.25, -0.2) is 9.97 Å². The lowest BCUT2D eigenvalue weighted by Crippen LogP contribution is -2.39. The van der Waals surface area contributed by atoms with E-state index in [2.05, 4.69) is 63.8 Å². The Bertz CT molecular complexity index is 1250. The molecule has 0 saturated heterocycles. The quantitative estimate of drug-likeness (QED) is 0.297. The predicted molar refractivity (Wildman–Crippen MR) is 139 cm³/mol. The van der Waals surface area contributed by atoms with Gasteiger partial charge in [-0.2, -0.15) is 0 Å². The maximum atomic E-state index is 9.90. The van der Waals surface area contributed by atoms with Crippen LogP contribution in [-0.2, 0) is 6.54 Å². The van der Waals surface area contributed by atoms with Gasteiger partial charge in [0.1, 0.15) is 18.2 Å². The van der Waals surface area contributed by atoms with Crippen molar-refractivity contribution in [3.05, 3.63) is 102 Å². The molecule has 0 amide bonds. The monoisotopic (exact) mass is 484 g/mol. The molecule has 2 aromatic carbocycles. The summed E-state index contributed by atoms with van der Waals surface area (Å²) in [6.45, 7) is 2.35. The van der Waals surface area contributed by atoms with Gasteiger partial charge in [-0.1, -0.05) is 60.7 Å². The lowest BCUT2D eigenvalue weighted by molar-refractivity contribution is 0.175.